The maximum atomic E-state index is 13.2. The molecule has 53 heavy (non-hydrogen) atoms. The van der Waals surface area contributed by atoms with E-state index in [0.29, 0.717) is 6.42 Å². The molecular formula is C40H46N6O7. The number of nitrogens with one attached hydrogen (secondary N) is 4. The summed E-state index contributed by atoms with van der Waals surface area (Å²) in [6, 6.07) is 28.1. The number of hydrogen-bond donors (Lipinski definition) is 6. The number of ether oxygens (including phenoxy) is 2. The Bertz CT molecular complexity index is 1770. The number of rotatable bonds is 14. The molecule has 0 radical (unpaired) electrons. The molecule has 4 aromatic carbocycles. The average Bonchev–Trinajstić information content (AvgIpc) is 3.14. The molecule has 4 rings (SSSR count). The lowest BCUT2D eigenvalue weighted by Crippen LogP contribution is -2.52. The molecule has 0 bridgehead atoms. The second-order valence-electron chi connectivity index (χ2n) is 12.5. The van der Waals surface area contributed by atoms with Gasteiger partial charge >= 0.3 is 12.2 Å². The van der Waals surface area contributed by atoms with Gasteiger partial charge < -0.3 is 30.9 Å². The van der Waals surface area contributed by atoms with Crippen LogP contribution in [0.5, 0.6) is 5.75 Å². The maximum absolute atomic E-state index is 13.2. The Kier molecular flexibility index (Phi) is 14.9. The number of carbonyl (C=O) groups is 4. The first-order chi connectivity index (χ1) is 25.5. The number of aromatic hydroxyl groups is 1. The number of guanidine groups is 1. The summed E-state index contributed by atoms with van der Waals surface area (Å²) < 4.78 is 10.7. The molecule has 0 saturated heterocycles. The van der Waals surface area contributed by atoms with E-state index in [9.17, 15) is 24.3 Å². The molecule has 0 fully saturated rings. The number of amides is 4. The molecule has 7 N–H and O–H groups in total. The molecule has 0 saturated carbocycles. The molecule has 13 nitrogen and oxygen atoms in total. The highest BCUT2D eigenvalue weighted by molar-refractivity contribution is 6.01. The van der Waals surface area contributed by atoms with Gasteiger partial charge in [-0.1, -0.05) is 91.0 Å². The average molecular weight is 723 g/mol. The van der Waals surface area contributed by atoms with Crippen LogP contribution in [0, 0.1) is 13.8 Å². The normalized spacial score (nSPS) is 12.3. The monoisotopic (exact) mass is 722 g/mol. The first-order valence-electron chi connectivity index (χ1n) is 17.2. The minimum Gasteiger partial charge on any atom is -0.508 e. The summed E-state index contributed by atoms with van der Waals surface area (Å²) in [5.74, 6) is -1.13. The highest BCUT2D eigenvalue weighted by atomic mass is 16.6. The molecule has 0 spiro atoms. The third kappa shape index (κ3) is 13.5. The van der Waals surface area contributed by atoms with Crippen molar-refractivity contribution >= 4 is 30.0 Å². The van der Waals surface area contributed by atoms with Crippen molar-refractivity contribution in [3.05, 3.63) is 137 Å². The molecule has 0 aliphatic carbocycles. The van der Waals surface area contributed by atoms with E-state index >= 15 is 0 Å². The molecule has 4 aromatic rings. The summed E-state index contributed by atoms with van der Waals surface area (Å²) in [5.41, 5.74) is 11.1. The molecule has 0 aliphatic rings. The van der Waals surface area contributed by atoms with Crippen molar-refractivity contribution in [1.82, 2.24) is 21.3 Å². The van der Waals surface area contributed by atoms with Gasteiger partial charge in [0, 0.05) is 6.54 Å². The van der Waals surface area contributed by atoms with Crippen molar-refractivity contribution in [3.63, 3.8) is 0 Å². The van der Waals surface area contributed by atoms with Crippen LogP contribution in [0.3, 0.4) is 0 Å². The number of nitrogens with two attached hydrogens (primary N) is 1. The molecule has 278 valence electrons. The zero-order valence-electron chi connectivity index (χ0n) is 30.0. The number of nitrogens with zero attached hydrogens (tertiary/aromatic N) is 1. The van der Waals surface area contributed by atoms with Crippen LogP contribution in [0.15, 0.2) is 108 Å². The van der Waals surface area contributed by atoms with Crippen LogP contribution in [0.4, 0.5) is 9.59 Å². The van der Waals surface area contributed by atoms with E-state index in [2.05, 4.69) is 26.3 Å². The molecule has 13 heteroatoms. The molecule has 0 aliphatic heterocycles. The molecule has 3 unspecified atom stereocenters. The van der Waals surface area contributed by atoms with E-state index in [1.54, 1.807) is 36.4 Å². The van der Waals surface area contributed by atoms with Gasteiger partial charge in [0.25, 0.3) is 0 Å². The predicted octanol–water partition coefficient (Wildman–Crippen LogP) is 4.32. The zero-order chi connectivity index (χ0) is 38.2. The Labute approximate surface area is 309 Å². The number of phenols is 1. The van der Waals surface area contributed by atoms with Gasteiger partial charge in [0.15, 0.2) is 0 Å². The number of aliphatic imine (C=N–C) groups is 1. The first kappa shape index (κ1) is 39.6. The van der Waals surface area contributed by atoms with Crippen LogP contribution in [0.25, 0.3) is 0 Å². The standard InChI is InChI=1S/C40H46N6O7/c1-26-19-33(47)20-27(2)34(26)22-35(41)37(49)43-28(3)36(48)42-23-32(21-29-13-7-4-8-14-29)44-38(45-39(50)52-24-30-15-9-5-10-16-30)46-40(51)53-25-31-17-11-6-12-18-31/h4-20,28,32,35,47H,21-25,41H2,1-3H3,(H,42,48)(H,43,49)(H2,44,45,46,50,51). The van der Waals surface area contributed by atoms with E-state index in [0.717, 1.165) is 33.4 Å². The van der Waals surface area contributed by atoms with Crippen LogP contribution in [-0.4, -0.2) is 59.7 Å². The molecule has 0 aromatic heterocycles. The van der Waals surface area contributed by atoms with Gasteiger partial charge in [-0.25, -0.2) is 14.6 Å². The quantitative estimate of drug-likeness (QED) is 0.0819. The van der Waals surface area contributed by atoms with E-state index in [4.69, 9.17) is 15.2 Å². The largest absolute Gasteiger partial charge is 0.508 e. The molecular weight excluding hydrogens is 676 g/mol. The molecule has 3 atom stereocenters. The summed E-state index contributed by atoms with van der Waals surface area (Å²) in [5, 5.41) is 20.3. The number of carbonyl (C=O) groups excluding carboxylic acids is 4. The maximum Gasteiger partial charge on any atom is 0.414 e. The lowest BCUT2D eigenvalue weighted by Gasteiger charge is -2.21. The van der Waals surface area contributed by atoms with Crippen LogP contribution < -0.4 is 27.0 Å². The lowest BCUT2D eigenvalue weighted by atomic mass is 9.96. The number of benzene rings is 4. The molecule has 4 amide bonds. The Morgan fingerprint density at radius 2 is 1.19 bits per heavy atom. The molecule has 0 heterocycles. The number of phenolic OH excluding ortho intramolecular Hbond substituents is 1. The van der Waals surface area contributed by atoms with E-state index in [1.165, 1.54) is 6.92 Å². The van der Waals surface area contributed by atoms with Gasteiger partial charge in [-0.15, -0.1) is 0 Å². The minimum atomic E-state index is -0.950. The number of hydrogen-bond acceptors (Lipinski definition) is 9. The third-order valence-corrected chi connectivity index (χ3v) is 8.20. The van der Waals surface area contributed by atoms with Gasteiger partial charge in [-0.05, 0) is 79.1 Å². The smallest absolute Gasteiger partial charge is 0.414 e. The number of aryl methyl sites for hydroxylation is 2. The summed E-state index contributed by atoms with van der Waals surface area (Å²) in [4.78, 5) is 56.5. The Balaban J connectivity index is 1.45. The SMILES string of the molecule is Cc1cc(O)cc(C)c1CC(N)C(=O)NC(C)C(=O)NCC(Cc1ccccc1)N=C(NC(=O)OCc1ccccc1)NC(=O)OCc1ccccc1. The summed E-state index contributed by atoms with van der Waals surface area (Å²) >= 11 is 0. The van der Waals surface area contributed by atoms with Crippen LogP contribution in [0.2, 0.25) is 0 Å². The fourth-order valence-corrected chi connectivity index (χ4v) is 5.40. The summed E-state index contributed by atoms with van der Waals surface area (Å²) in [6.07, 6.45) is -1.22. The highest BCUT2D eigenvalue weighted by Crippen LogP contribution is 2.22. The lowest BCUT2D eigenvalue weighted by molar-refractivity contribution is -0.129. The fraction of sp³-hybridized carbons (Fsp3) is 0.275. The summed E-state index contributed by atoms with van der Waals surface area (Å²) in [6.45, 7) is 5.11. The van der Waals surface area contributed by atoms with Crippen LogP contribution in [-0.2, 0) is 45.1 Å². The number of alkyl carbamates (subject to hydrolysis) is 2. The highest BCUT2D eigenvalue weighted by Gasteiger charge is 2.23. The fourth-order valence-electron chi connectivity index (χ4n) is 5.40. The van der Waals surface area contributed by atoms with Gasteiger partial charge in [-0.3, -0.25) is 20.2 Å². The third-order valence-electron chi connectivity index (χ3n) is 8.20. The first-order valence-corrected chi connectivity index (χ1v) is 17.2. The van der Waals surface area contributed by atoms with Crippen molar-refractivity contribution in [1.29, 1.82) is 0 Å². The van der Waals surface area contributed by atoms with Crippen molar-refractivity contribution in [2.24, 2.45) is 10.7 Å². The second kappa shape index (κ2) is 20.0. The van der Waals surface area contributed by atoms with Gasteiger partial charge in [0.2, 0.25) is 17.8 Å². The summed E-state index contributed by atoms with van der Waals surface area (Å²) in [7, 11) is 0. The van der Waals surface area contributed by atoms with E-state index < -0.39 is 42.1 Å². The van der Waals surface area contributed by atoms with Gasteiger partial charge in [0.05, 0.1) is 12.1 Å². The Morgan fingerprint density at radius 3 is 1.68 bits per heavy atom. The second-order valence-corrected chi connectivity index (χ2v) is 12.5. The zero-order valence-corrected chi connectivity index (χ0v) is 30.0. The van der Waals surface area contributed by atoms with Crippen LogP contribution in [0.1, 0.15) is 40.3 Å². The van der Waals surface area contributed by atoms with Crippen molar-refractivity contribution < 1.29 is 33.8 Å². The Hall–Kier alpha value is -6.21. The van der Waals surface area contributed by atoms with E-state index in [-0.39, 0.29) is 37.9 Å². The van der Waals surface area contributed by atoms with E-state index in [1.807, 2.05) is 80.6 Å². The van der Waals surface area contributed by atoms with Gasteiger partial charge in [0.1, 0.15) is 25.0 Å². The van der Waals surface area contributed by atoms with Crippen molar-refractivity contribution in [2.45, 2.75) is 65.0 Å². The Morgan fingerprint density at radius 1 is 0.717 bits per heavy atom. The van der Waals surface area contributed by atoms with Crippen molar-refractivity contribution in [3.8, 4) is 5.75 Å². The minimum absolute atomic E-state index is 0.0245. The predicted molar refractivity (Wildman–Crippen MR) is 201 cm³/mol. The van der Waals surface area contributed by atoms with Crippen LogP contribution >= 0.6 is 0 Å². The topological polar surface area (TPSA) is 193 Å². The van der Waals surface area contributed by atoms with Gasteiger partial charge in [-0.2, -0.15) is 0 Å². The van der Waals surface area contributed by atoms with Crippen molar-refractivity contribution in [2.75, 3.05) is 6.54 Å².